The molecule has 2 aromatic carbocycles. The number of hydrogen-bond acceptors (Lipinski definition) is 3. The van der Waals surface area contributed by atoms with Crippen LogP contribution in [0.15, 0.2) is 48.5 Å². The van der Waals surface area contributed by atoms with E-state index < -0.39 is 0 Å². The van der Waals surface area contributed by atoms with Crippen LogP contribution in [0.4, 0.5) is 5.69 Å². The molecule has 0 bridgehead atoms. The summed E-state index contributed by atoms with van der Waals surface area (Å²) in [6.07, 6.45) is 0. The largest absolute Gasteiger partial charge is 0.508 e. The van der Waals surface area contributed by atoms with E-state index in [1.165, 1.54) is 12.1 Å². The van der Waals surface area contributed by atoms with Gasteiger partial charge in [-0.25, -0.2) is 0 Å². The highest BCUT2D eigenvalue weighted by Gasteiger charge is 2.06. The summed E-state index contributed by atoms with van der Waals surface area (Å²) < 4.78 is 0. The molecule has 19 heavy (non-hydrogen) atoms. The minimum Gasteiger partial charge on any atom is -0.508 e. The monoisotopic (exact) mass is 272 g/mol. The minimum atomic E-state index is -0.247. The van der Waals surface area contributed by atoms with Crippen LogP contribution in [0.2, 0.25) is 0 Å². The van der Waals surface area contributed by atoms with Crippen LogP contribution in [0, 0.1) is 0 Å². The Hall–Kier alpha value is -2.40. The van der Waals surface area contributed by atoms with Gasteiger partial charge in [0, 0.05) is 16.8 Å². The number of carbonyl (C=O) groups excluding carboxylic acids is 1. The van der Waals surface area contributed by atoms with Gasteiger partial charge in [0.25, 0.3) is 5.91 Å². The summed E-state index contributed by atoms with van der Waals surface area (Å²) in [4.78, 5) is 12.2. The van der Waals surface area contributed by atoms with Crippen molar-refractivity contribution in [3.63, 3.8) is 0 Å². The standard InChI is InChI=1S/C14H12N2O2S/c15-13(19)9-1-5-11(6-2-9)16-14(18)10-3-7-12(17)8-4-10/h1-8,17H,(H2,15,19)(H,16,18). The van der Waals surface area contributed by atoms with E-state index in [1.807, 2.05) is 0 Å². The molecule has 0 aromatic heterocycles. The average molecular weight is 272 g/mol. The van der Waals surface area contributed by atoms with Crippen molar-refractivity contribution < 1.29 is 9.90 Å². The van der Waals surface area contributed by atoms with Gasteiger partial charge in [-0.15, -0.1) is 0 Å². The predicted molar refractivity (Wildman–Crippen MR) is 78.4 cm³/mol. The first-order valence-electron chi connectivity index (χ1n) is 5.56. The van der Waals surface area contributed by atoms with Gasteiger partial charge in [-0.1, -0.05) is 12.2 Å². The first-order valence-corrected chi connectivity index (χ1v) is 5.97. The molecule has 4 N–H and O–H groups in total. The van der Waals surface area contributed by atoms with E-state index in [0.29, 0.717) is 16.2 Å². The van der Waals surface area contributed by atoms with Gasteiger partial charge < -0.3 is 16.2 Å². The van der Waals surface area contributed by atoms with E-state index in [4.69, 9.17) is 23.1 Å². The first kappa shape index (κ1) is 13.0. The predicted octanol–water partition coefficient (Wildman–Crippen LogP) is 2.28. The lowest BCUT2D eigenvalue weighted by atomic mass is 10.2. The van der Waals surface area contributed by atoms with Gasteiger partial charge in [-0.3, -0.25) is 4.79 Å². The summed E-state index contributed by atoms with van der Waals surface area (Å²) in [5, 5.41) is 11.9. The van der Waals surface area contributed by atoms with Crippen LogP contribution in [0.5, 0.6) is 5.75 Å². The summed E-state index contributed by atoms with van der Waals surface area (Å²) in [5.74, 6) is -0.125. The minimum absolute atomic E-state index is 0.123. The lowest BCUT2D eigenvalue weighted by Crippen LogP contribution is -2.12. The van der Waals surface area contributed by atoms with Crippen molar-refractivity contribution in [2.75, 3.05) is 5.32 Å². The molecule has 0 radical (unpaired) electrons. The lowest BCUT2D eigenvalue weighted by Gasteiger charge is -2.06. The molecule has 0 aliphatic rings. The smallest absolute Gasteiger partial charge is 0.255 e. The summed E-state index contributed by atoms with van der Waals surface area (Å²) in [5.41, 5.74) is 7.36. The average Bonchev–Trinajstić information content (AvgIpc) is 2.40. The molecule has 0 aliphatic heterocycles. The van der Waals surface area contributed by atoms with Crippen molar-refractivity contribution in [2.24, 2.45) is 5.73 Å². The highest BCUT2D eigenvalue weighted by molar-refractivity contribution is 7.80. The van der Waals surface area contributed by atoms with Crippen molar-refractivity contribution in [1.82, 2.24) is 0 Å². The molecule has 0 fully saturated rings. The van der Waals surface area contributed by atoms with Gasteiger partial charge in [0.15, 0.2) is 0 Å². The highest BCUT2D eigenvalue weighted by Crippen LogP contribution is 2.13. The first-order chi connectivity index (χ1) is 9.06. The van der Waals surface area contributed by atoms with Gasteiger partial charge in [0.2, 0.25) is 0 Å². The van der Waals surface area contributed by atoms with E-state index in [0.717, 1.165) is 5.56 Å². The van der Waals surface area contributed by atoms with Crippen LogP contribution in [0.3, 0.4) is 0 Å². The normalized spacial score (nSPS) is 9.89. The van der Waals surface area contributed by atoms with Crippen LogP contribution < -0.4 is 11.1 Å². The fourth-order valence-corrected chi connectivity index (χ4v) is 1.67. The van der Waals surface area contributed by atoms with E-state index in [1.54, 1.807) is 36.4 Å². The number of phenolic OH excluding ortho intramolecular Hbond substituents is 1. The number of phenols is 1. The molecule has 0 aliphatic carbocycles. The Morgan fingerprint density at radius 1 is 1.00 bits per heavy atom. The number of benzene rings is 2. The van der Waals surface area contributed by atoms with Crippen molar-refractivity contribution in [1.29, 1.82) is 0 Å². The third kappa shape index (κ3) is 3.29. The number of amides is 1. The van der Waals surface area contributed by atoms with Crippen LogP contribution in [-0.4, -0.2) is 16.0 Å². The maximum Gasteiger partial charge on any atom is 0.255 e. The number of rotatable bonds is 3. The molecule has 2 rings (SSSR count). The zero-order valence-corrected chi connectivity index (χ0v) is 10.8. The summed E-state index contributed by atoms with van der Waals surface area (Å²) in [6.45, 7) is 0. The Bertz CT molecular complexity index is 606. The molecule has 0 saturated carbocycles. The maximum absolute atomic E-state index is 11.9. The number of hydrogen-bond donors (Lipinski definition) is 3. The van der Waals surface area contributed by atoms with Gasteiger partial charge in [0.1, 0.15) is 10.7 Å². The third-order valence-electron chi connectivity index (χ3n) is 2.56. The SMILES string of the molecule is NC(=S)c1ccc(NC(=O)c2ccc(O)cc2)cc1. The van der Waals surface area contributed by atoms with Gasteiger partial charge >= 0.3 is 0 Å². The molecule has 0 saturated heterocycles. The molecule has 1 amide bonds. The fraction of sp³-hybridized carbons (Fsp3) is 0. The van der Waals surface area contributed by atoms with Crippen LogP contribution in [0.25, 0.3) is 0 Å². The van der Waals surface area contributed by atoms with Crippen LogP contribution in [-0.2, 0) is 0 Å². The Kier molecular flexibility index (Phi) is 3.77. The Balaban J connectivity index is 2.10. The molecule has 96 valence electrons. The van der Waals surface area contributed by atoms with Crippen molar-refractivity contribution in [3.05, 3.63) is 59.7 Å². The summed E-state index contributed by atoms with van der Waals surface area (Å²) in [7, 11) is 0. The Labute approximate surface area is 115 Å². The summed E-state index contributed by atoms with van der Waals surface area (Å²) >= 11 is 4.85. The van der Waals surface area contributed by atoms with Crippen molar-refractivity contribution in [3.8, 4) is 5.75 Å². The lowest BCUT2D eigenvalue weighted by molar-refractivity contribution is 0.102. The van der Waals surface area contributed by atoms with Crippen LogP contribution in [0.1, 0.15) is 15.9 Å². The van der Waals surface area contributed by atoms with Crippen LogP contribution >= 0.6 is 12.2 Å². The van der Waals surface area contributed by atoms with Gasteiger partial charge in [-0.2, -0.15) is 0 Å². The number of carbonyl (C=O) groups is 1. The molecular weight excluding hydrogens is 260 g/mol. The second-order valence-corrected chi connectivity index (χ2v) is 4.38. The molecule has 5 heteroatoms. The maximum atomic E-state index is 11.9. The molecule has 4 nitrogen and oxygen atoms in total. The van der Waals surface area contributed by atoms with Gasteiger partial charge in [0.05, 0.1) is 0 Å². The van der Waals surface area contributed by atoms with E-state index in [9.17, 15) is 4.79 Å². The molecule has 0 spiro atoms. The van der Waals surface area contributed by atoms with E-state index in [2.05, 4.69) is 5.32 Å². The number of thiocarbonyl (C=S) groups is 1. The number of aromatic hydroxyl groups is 1. The number of anilines is 1. The quantitative estimate of drug-likeness (QED) is 0.749. The Morgan fingerprint density at radius 3 is 2.05 bits per heavy atom. The molecule has 0 heterocycles. The number of nitrogens with one attached hydrogen (secondary N) is 1. The molecule has 2 aromatic rings. The van der Waals surface area contributed by atoms with E-state index in [-0.39, 0.29) is 11.7 Å². The van der Waals surface area contributed by atoms with Gasteiger partial charge in [-0.05, 0) is 48.5 Å². The van der Waals surface area contributed by atoms with Crippen molar-refractivity contribution >= 4 is 28.8 Å². The molecule has 0 atom stereocenters. The zero-order chi connectivity index (χ0) is 13.8. The fourth-order valence-electron chi connectivity index (χ4n) is 1.53. The zero-order valence-electron chi connectivity index (χ0n) is 9.96. The Morgan fingerprint density at radius 2 is 1.53 bits per heavy atom. The summed E-state index contributed by atoms with van der Waals surface area (Å²) in [6, 6.07) is 13.0. The highest BCUT2D eigenvalue weighted by atomic mass is 32.1. The van der Waals surface area contributed by atoms with E-state index >= 15 is 0 Å². The second kappa shape index (κ2) is 5.49. The topological polar surface area (TPSA) is 75.3 Å². The number of nitrogens with two attached hydrogens (primary N) is 1. The van der Waals surface area contributed by atoms with Crippen molar-refractivity contribution in [2.45, 2.75) is 0 Å². The molecular formula is C14H12N2O2S. The molecule has 0 unspecified atom stereocenters. The third-order valence-corrected chi connectivity index (χ3v) is 2.79. The second-order valence-electron chi connectivity index (χ2n) is 3.94.